The van der Waals surface area contributed by atoms with E-state index in [-0.39, 0.29) is 0 Å². The van der Waals surface area contributed by atoms with E-state index in [9.17, 15) is 0 Å². The number of nitrogens with zero attached hydrogens (tertiary/aromatic N) is 2. The molecule has 0 amide bonds. The summed E-state index contributed by atoms with van der Waals surface area (Å²) in [6, 6.07) is 8.87. The van der Waals surface area contributed by atoms with Crippen LogP contribution in [0.15, 0.2) is 18.2 Å². The predicted molar refractivity (Wildman–Crippen MR) is 76.3 cm³/mol. The molecule has 98 valence electrons. The van der Waals surface area contributed by atoms with Crippen LogP contribution in [0.3, 0.4) is 0 Å². The molecule has 1 aromatic rings. The van der Waals surface area contributed by atoms with Gasteiger partial charge in [0, 0.05) is 26.1 Å². The molecule has 0 saturated carbocycles. The summed E-state index contributed by atoms with van der Waals surface area (Å²) < 4.78 is 0. The van der Waals surface area contributed by atoms with Crippen LogP contribution >= 0.6 is 0 Å². The van der Waals surface area contributed by atoms with Crippen LogP contribution < -0.4 is 0 Å². The summed E-state index contributed by atoms with van der Waals surface area (Å²) >= 11 is 0. The number of hydrogen-bond acceptors (Lipinski definition) is 2. The Morgan fingerprint density at radius 3 is 2.50 bits per heavy atom. The van der Waals surface area contributed by atoms with Gasteiger partial charge in [0.05, 0.1) is 6.07 Å². The van der Waals surface area contributed by atoms with Crippen LogP contribution in [0.1, 0.15) is 37.0 Å². The van der Waals surface area contributed by atoms with Crippen molar-refractivity contribution in [2.75, 3.05) is 13.1 Å². The first-order valence-corrected chi connectivity index (χ1v) is 6.68. The molecule has 0 aliphatic heterocycles. The van der Waals surface area contributed by atoms with Crippen molar-refractivity contribution < 1.29 is 0 Å². The Labute approximate surface area is 111 Å². The molecule has 0 heterocycles. The molecule has 0 atom stereocenters. The Kier molecular flexibility index (Phi) is 5.88. The van der Waals surface area contributed by atoms with Gasteiger partial charge in [0.2, 0.25) is 0 Å². The normalized spacial score (nSPS) is 10.9. The van der Waals surface area contributed by atoms with Crippen LogP contribution in [0, 0.1) is 31.1 Å². The lowest BCUT2D eigenvalue weighted by Crippen LogP contribution is -2.28. The molecule has 1 rings (SSSR count). The fraction of sp³-hybridized carbons (Fsp3) is 0.562. The fourth-order valence-corrected chi connectivity index (χ4v) is 2.12. The minimum absolute atomic E-state index is 0.609. The van der Waals surface area contributed by atoms with E-state index in [1.54, 1.807) is 0 Å². The molecular weight excluding hydrogens is 220 g/mol. The molecule has 1 aromatic carbocycles. The van der Waals surface area contributed by atoms with Crippen molar-refractivity contribution in [3.8, 4) is 6.07 Å². The molecule has 0 N–H and O–H groups in total. The van der Waals surface area contributed by atoms with E-state index in [2.05, 4.69) is 56.9 Å². The summed E-state index contributed by atoms with van der Waals surface area (Å²) in [6.45, 7) is 11.6. The van der Waals surface area contributed by atoms with Crippen molar-refractivity contribution in [2.45, 2.75) is 40.7 Å². The van der Waals surface area contributed by atoms with Crippen LogP contribution in [0.2, 0.25) is 0 Å². The van der Waals surface area contributed by atoms with E-state index >= 15 is 0 Å². The van der Waals surface area contributed by atoms with Gasteiger partial charge in [-0.05, 0) is 36.5 Å². The molecule has 0 fully saturated rings. The van der Waals surface area contributed by atoms with Crippen molar-refractivity contribution in [2.24, 2.45) is 5.92 Å². The second kappa shape index (κ2) is 7.18. The second-order valence-corrected chi connectivity index (χ2v) is 5.46. The Bertz CT molecular complexity index is 416. The number of rotatable bonds is 6. The lowest BCUT2D eigenvalue weighted by molar-refractivity contribution is 0.241. The molecule has 0 spiro atoms. The van der Waals surface area contributed by atoms with E-state index in [1.807, 2.05) is 0 Å². The van der Waals surface area contributed by atoms with Crippen LogP contribution in [0.4, 0.5) is 0 Å². The van der Waals surface area contributed by atoms with Gasteiger partial charge in [0.1, 0.15) is 0 Å². The highest BCUT2D eigenvalue weighted by Crippen LogP contribution is 2.13. The van der Waals surface area contributed by atoms with Gasteiger partial charge in [-0.3, -0.25) is 4.90 Å². The Balaban J connectivity index is 2.69. The third kappa shape index (κ3) is 4.89. The first-order valence-electron chi connectivity index (χ1n) is 6.68. The number of benzene rings is 1. The predicted octanol–water partition coefficient (Wildman–Crippen LogP) is 3.68. The van der Waals surface area contributed by atoms with Gasteiger partial charge in [-0.15, -0.1) is 0 Å². The minimum atomic E-state index is 0.609. The van der Waals surface area contributed by atoms with Gasteiger partial charge in [-0.25, -0.2) is 0 Å². The Morgan fingerprint density at radius 1 is 1.22 bits per heavy atom. The molecular formula is C16H24N2. The van der Waals surface area contributed by atoms with E-state index in [4.69, 9.17) is 5.26 Å². The monoisotopic (exact) mass is 244 g/mol. The molecule has 2 nitrogen and oxygen atoms in total. The standard InChI is InChI=1S/C16H24N2/c1-13(2)11-18(9-5-8-17)12-16-7-6-14(3)15(4)10-16/h6-7,10,13H,5,9,11-12H2,1-4H3. The van der Waals surface area contributed by atoms with Crippen LogP contribution in [0.25, 0.3) is 0 Å². The third-order valence-corrected chi connectivity index (χ3v) is 3.14. The molecule has 0 radical (unpaired) electrons. The Hall–Kier alpha value is -1.33. The van der Waals surface area contributed by atoms with Gasteiger partial charge < -0.3 is 0 Å². The molecule has 0 unspecified atom stereocenters. The molecule has 0 aromatic heterocycles. The summed E-state index contributed by atoms with van der Waals surface area (Å²) in [5, 5.41) is 8.72. The van der Waals surface area contributed by atoms with E-state index in [0.717, 1.165) is 19.6 Å². The van der Waals surface area contributed by atoms with E-state index < -0.39 is 0 Å². The molecule has 18 heavy (non-hydrogen) atoms. The first kappa shape index (κ1) is 14.7. The molecule has 2 heteroatoms. The summed E-state index contributed by atoms with van der Waals surface area (Å²) in [7, 11) is 0. The maximum Gasteiger partial charge on any atom is 0.0635 e. The van der Waals surface area contributed by atoms with Crippen LogP contribution in [0.5, 0.6) is 0 Å². The maximum absolute atomic E-state index is 8.72. The zero-order valence-electron chi connectivity index (χ0n) is 12.0. The van der Waals surface area contributed by atoms with Gasteiger partial charge >= 0.3 is 0 Å². The topological polar surface area (TPSA) is 27.0 Å². The summed E-state index contributed by atoms with van der Waals surface area (Å²) in [6.07, 6.45) is 0.609. The Morgan fingerprint density at radius 2 is 1.94 bits per heavy atom. The van der Waals surface area contributed by atoms with Gasteiger partial charge in [0.15, 0.2) is 0 Å². The zero-order chi connectivity index (χ0) is 13.5. The number of hydrogen-bond donors (Lipinski definition) is 0. The summed E-state index contributed by atoms with van der Waals surface area (Å²) in [5.74, 6) is 0.634. The lowest BCUT2D eigenvalue weighted by atomic mass is 10.1. The first-order chi connectivity index (χ1) is 8.52. The maximum atomic E-state index is 8.72. The fourth-order valence-electron chi connectivity index (χ4n) is 2.12. The smallest absolute Gasteiger partial charge is 0.0635 e. The number of aryl methyl sites for hydroxylation is 2. The van der Waals surface area contributed by atoms with Crippen molar-refractivity contribution in [1.82, 2.24) is 4.90 Å². The van der Waals surface area contributed by atoms with Crippen molar-refractivity contribution in [1.29, 1.82) is 5.26 Å². The van der Waals surface area contributed by atoms with Crippen LogP contribution in [-0.2, 0) is 6.54 Å². The molecule has 0 bridgehead atoms. The quantitative estimate of drug-likeness (QED) is 0.763. The van der Waals surface area contributed by atoms with Gasteiger partial charge in [-0.1, -0.05) is 32.0 Å². The van der Waals surface area contributed by atoms with Crippen LogP contribution in [-0.4, -0.2) is 18.0 Å². The van der Waals surface area contributed by atoms with Gasteiger partial charge in [0.25, 0.3) is 0 Å². The van der Waals surface area contributed by atoms with E-state index in [1.165, 1.54) is 16.7 Å². The highest BCUT2D eigenvalue weighted by Gasteiger charge is 2.08. The SMILES string of the molecule is Cc1ccc(CN(CCC#N)CC(C)C)cc1C. The summed E-state index contributed by atoms with van der Waals surface area (Å²) in [4.78, 5) is 2.37. The molecule has 0 aliphatic carbocycles. The van der Waals surface area contributed by atoms with Crippen molar-refractivity contribution >= 4 is 0 Å². The largest absolute Gasteiger partial charge is 0.298 e. The molecule has 0 saturated heterocycles. The summed E-state index contributed by atoms with van der Waals surface area (Å²) in [5.41, 5.74) is 4.03. The second-order valence-electron chi connectivity index (χ2n) is 5.46. The zero-order valence-corrected chi connectivity index (χ0v) is 12.0. The van der Waals surface area contributed by atoms with Gasteiger partial charge in [-0.2, -0.15) is 5.26 Å². The van der Waals surface area contributed by atoms with Crippen molar-refractivity contribution in [3.05, 3.63) is 34.9 Å². The minimum Gasteiger partial charge on any atom is -0.298 e. The molecule has 0 aliphatic rings. The average Bonchev–Trinajstić information content (AvgIpc) is 2.30. The van der Waals surface area contributed by atoms with E-state index in [0.29, 0.717) is 12.3 Å². The lowest BCUT2D eigenvalue weighted by Gasteiger charge is -2.23. The average molecular weight is 244 g/mol. The highest BCUT2D eigenvalue weighted by atomic mass is 15.1. The highest BCUT2D eigenvalue weighted by molar-refractivity contribution is 5.29. The number of nitriles is 1. The third-order valence-electron chi connectivity index (χ3n) is 3.14. The van der Waals surface area contributed by atoms with Crippen molar-refractivity contribution in [3.63, 3.8) is 0 Å².